The molecule has 8 N–H and O–H groups in total. The summed E-state index contributed by atoms with van der Waals surface area (Å²) in [6.07, 6.45) is -7.65. The van der Waals surface area contributed by atoms with Crippen LogP contribution in [0.5, 0.6) is 0 Å². The third-order valence-electron chi connectivity index (χ3n) is 5.31. The molecule has 0 radical (unpaired) electrons. The maximum absolute atomic E-state index is 11.4. The first-order valence-corrected chi connectivity index (χ1v) is 8.45. The Balaban J connectivity index is 1.88. The number of rotatable bonds is 5. The molecule has 0 aromatic heterocycles. The fourth-order valence-corrected chi connectivity index (χ4v) is 3.68. The summed E-state index contributed by atoms with van der Waals surface area (Å²) in [6, 6.07) is 0. The molecule has 2 heterocycles. The maximum Gasteiger partial charge on any atom is 0.335 e. The monoisotopic (exact) mass is 406 g/mol. The van der Waals surface area contributed by atoms with Crippen molar-refractivity contribution in [2.75, 3.05) is 13.2 Å². The van der Waals surface area contributed by atoms with Crippen molar-refractivity contribution >= 4 is 5.97 Å². The average Bonchev–Trinajstić information content (AvgIpc) is 2.93. The summed E-state index contributed by atoms with van der Waals surface area (Å²) in [5.41, 5.74) is -2.60. The summed E-state index contributed by atoms with van der Waals surface area (Å²) in [5, 5.41) is 78.5. The van der Waals surface area contributed by atoms with Gasteiger partial charge in [0.1, 0.15) is 30.2 Å². The van der Waals surface area contributed by atoms with Crippen molar-refractivity contribution in [3.63, 3.8) is 0 Å². The summed E-state index contributed by atoms with van der Waals surface area (Å²) in [6.45, 7) is -1.68. The van der Waals surface area contributed by atoms with Gasteiger partial charge in [-0.1, -0.05) is 0 Å². The molecular formula is C16H22O12. The van der Waals surface area contributed by atoms with Gasteiger partial charge >= 0.3 is 5.97 Å². The Morgan fingerprint density at radius 1 is 1.14 bits per heavy atom. The van der Waals surface area contributed by atoms with Crippen LogP contribution in [0.4, 0.5) is 0 Å². The van der Waals surface area contributed by atoms with E-state index in [2.05, 4.69) is 0 Å². The molecule has 12 heteroatoms. The van der Waals surface area contributed by atoms with Crippen LogP contribution in [-0.4, -0.2) is 103 Å². The van der Waals surface area contributed by atoms with Crippen molar-refractivity contribution in [1.82, 2.24) is 0 Å². The van der Waals surface area contributed by atoms with Crippen LogP contribution in [0.1, 0.15) is 0 Å². The molecule has 3 aliphatic rings. The lowest BCUT2D eigenvalue weighted by molar-refractivity contribution is -0.347. The van der Waals surface area contributed by atoms with E-state index in [1.165, 1.54) is 0 Å². The zero-order valence-electron chi connectivity index (χ0n) is 14.4. The minimum absolute atomic E-state index is 0.311. The largest absolute Gasteiger partial charge is 0.509 e. The molecule has 158 valence electrons. The second-order valence-electron chi connectivity index (χ2n) is 6.90. The lowest BCUT2D eigenvalue weighted by atomic mass is 9.79. The lowest BCUT2D eigenvalue weighted by Gasteiger charge is -2.44. The standard InChI is InChI=1S/C16H22O12/c17-2-7-10(20)11(21)12(22)15(27-7)28-14-9-5(6(3-26-14)13(23)24)1-8(19)16(9,25)4-18/h1,3,5,7,9-12,14-15,17-22,25H,2,4H2,(H,23,24)/t5-,7+,9-,10+,11-,12+,14+,15-,16-/m0/s1. The predicted octanol–water partition coefficient (Wildman–Crippen LogP) is -3.46. The Labute approximate surface area is 158 Å². The second-order valence-corrected chi connectivity index (χ2v) is 6.90. The van der Waals surface area contributed by atoms with Crippen molar-refractivity contribution in [3.05, 3.63) is 23.7 Å². The summed E-state index contributed by atoms with van der Waals surface area (Å²) in [4.78, 5) is 11.4. The summed E-state index contributed by atoms with van der Waals surface area (Å²) in [5.74, 6) is -4.49. The molecule has 0 aromatic rings. The minimum Gasteiger partial charge on any atom is -0.509 e. The molecule has 0 bridgehead atoms. The van der Waals surface area contributed by atoms with E-state index in [9.17, 15) is 45.6 Å². The van der Waals surface area contributed by atoms with Gasteiger partial charge in [0.05, 0.1) is 31.0 Å². The number of carboxylic acid groups (broad SMARTS) is 1. The van der Waals surface area contributed by atoms with Gasteiger partial charge in [-0.15, -0.1) is 0 Å². The van der Waals surface area contributed by atoms with Crippen molar-refractivity contribution in [2.45, 2.75) is 42.6 Å². The number of aliphatic hydroxyl groups excluding tert-OH is 6. The van der Waals surface area contributed by atoms with Gasteiger partial charge in [-0.3, -0.25) is 0 Å². The molecule has 0 unspecified atom stereocenters. The van der Waals surface area contributed by atoms with Gasteiger partial charge in [0, 0.05) is 5.92 Å². The Morgan fingerprint density at radius 3 is 2.39 bits per heavy atom. The van der Waals surface area contributed by atoms with Gasteiger partial charge in [-0.05, 0) is 6.08 Å². The zero-order chi connectivity index (χ0) is 20.8. The molecule has 1 saturated heterocycles. The van der Waals surface area contributed by atoms with E-state index in [-0.39, 0.29) is 5.57 Å². The van der Waals surface area contributed by atoms with E-state index in [1.807, 2.05) is 0 Å². The van der Waals surface area contributed by atoms with Crippen LogP contribution in [-0.2, 0) is 19.0 Å². The number of carbonyl (C=O) groups is 1. The quantitative estimate of drug-likeness (QED) is 0.224. The highest BCUT2D eigenvalue weighted by molar-refractivity contribution is 5.88. The summed E-state index contributed by atoms with van der Waals surface area (Å²) >= 11 is 0. The lowest BCUT2D eigenvalue weighted by Crippen LogP contribution is -2.61. The van der Waals surface area contributed by atoms with Crippen LogP contribution in [0.3, 0.4) is 0 Å². The number of aliphatic hydroxyl groups is 7. The number of hydrogen-bond donors (Lipinski definition) is 8. The van der Waals surface area contributed by atoms with Gasteiger partial charge in [-0.2, -0.15) is 0 Å². The van der Waals surface area contributed by atoms with Gasteiger partial charge in [0.2, 0.25) is 6.29 Å². The smallest absolute Gasteiger partial charge is 0.335 e. The van der Waals surface area contributed by atoms with E-state index >= 15 is 0 Å². The van der Waals surface area contributed by atoms with Gasteiger partial charge in [-0.25, -0.2) is 4.79 Å². The highest BCUT2D eigenvalue weighted by Crippen LogP contribution is 2.48. The van der Waals surface area contributed by atoms with Crippen molar-refractivity contribution in [2.24, 2.45) is 11.8 Å². The summed E-state index contributed by atoms with van der Waals surface area (Å²) in [7, 11) is 0. The SMILES string of the molecule is O=C(O)C1=CO[C@H](O[C@@H]2O[C@H](CO)[C@@H](O)[C@H](O)[C@H]2O)[C@@H]2[C@H]1C=C(O)[C@@]2(O)CO. The normalized spacial score (nSPS) is 45.6. The van der Waals surface area contributed by atoms with Gasteiger partial charge < -0.3 is 55.1 Å². The maximum atomic E-state index is 11.4. The predicted molar refractivity (Wildman–Crippen MR) is 85.2 cm³/mol. The molecule has 0 aromatic carbocycles. The Hall–Kier alpha value is -1.77. The van der Waals surface area contributed by atoms with E-state index in [1.54, 1.807) is 0 Å². The molecule has 2 aliphatic heterocycles. The summed E-state index contributed by atoms with van der Waals surface area (Å²) < 4.78 is 15.9. The van der Waals surface area contributed by atoms with E-state index in [0.717, 1.165) is 12.3 Å². The van der Waals surface area contributed by atoms with Crippen LogP contribution >= 0.6 is 0 Å². The Morgan fingerprint density at radius 2 is 1.82 bits per heavy atom. The van der Waals surface area contributed by atoms with E-state index < -0.39 is 79.4 Å². The van der Waals surface area contributed by atoms with Gasteiger partial charge in [0.15, 0.2) is 11.9 Å². The van der Waals surface area contributed by atoms with E-state index in [4.69, 9.17) is 14.2 Å². The molecule has 0 spiro atoms. The molecule has 0 saturated carbocycles. The number of allylic oxidation sites excluding steroid dienone is 1. The average molecular weight is 406 g/mol. The Kier molecular flexibility index (Phi) is 5.67. The number of ether oxygens (including phenoxy) is 3. The fraction of sp³-hybridized carbons (Fsp3) is 0.688. The second kappa shape index (κ2) is 7.57. The van der Waals surface area contributed by atoms with Crippen molar-refractivity contribution in [1.29, 1.82) is 0 Å². The Bertz CT molecular complexity index is 675. The topological polar surface area (TPSA) is 207 Å². The molecule has 28 heavy (non-hydrogen) atoms. The van der Waals surface area contributed by atoms with Crippen LogP contribution in [0.2, 0.25) is 0 Å². The third kappa shape index (κ3) is 3.17. The molecule has 1 fully saturated rings. The third-order valence-corrected chi connectivity index (χ3v) is 5.31. The zero-order valence-corrected chi connectivity index (χ0v) is 14.4. The number of carboxylic acids is 1. The van der Waals surface area contributed by atoms with Crippen molar-refractivity contribution in [3.8, 4) is 0 Å². The first-order valence-electron chi connectivity index (χ1n) is 8.45. The first-order chi connectivity index (χ1) is 13.2. The van der Waals surface area contributed by atoms with E-state index in [0.29, 0.717) is 0 Å². The minimum atomic E-state index is -2.29. The molecule has 9 atom stereocenters. The molecule has 0 amide bonds. The molecule has 3 rings (SSSR count). The van der Waals surface area contributed by atoms with Crippen LogP contribution < -0.4 is 0 Å². The van der Waals surface area contributed by atoms with Crippen LogP contribution in [0, 0.1) is 11.8 Å². The highest BCUT2D eigenvalue weighted by Gasteiger charge is 2.59. The fourth-order valence-electron chi connectivity index (χ4n) is 3.68. The highest BCUT2D eigenvalue weighted by atomic mass is 16.8. The van der Waals surface area contributed by atoms with Crippen LogP contribution in [0.25, 0.3) is 0 Å². The number of hydrogen-bond acceptors (Lipinski definition) is 11. The number of fused-ring (bicyclic) bond motifs is 1. The number of aliphatic carboxylic acids is 1. The molecular weight excluding hydrogens is 384 g/mol. The van der Waals surface area contributed by atoms with Crippen molar-refractivity contribution < 1.29 is 59.9 Å². The van der Waals surface area contributed by atoms with Gasteiger partial charge in [0.25, 0.3) is 0 Å². The molecule has 12 nitrogen and oxygen atoms in total. The van der Waals surface area contributed by atoms with Crippen LogP contribution in [0.15, 0.2) is 23.7 Å². The molecule has 1 aliphatic carbocycles. The first kappa shape index (κ1) is 21.0.